The van der Waals surface area contributed by atoms with Crippen molar-refractivity contribution in [3.05, 3.63) is 182 Å². The van der Waals surface area contributed by atoms with Crippen LogP contribution in [-0.4, -0.2) is 19.1 Å². The molecule has 0 aliphatic rings. The maximum atomic E-state index is 5.19. The minimum Gasteiger partial charge on any atom is -0.316 e. The van der Waals surface area contributed by atoms with Crippen LogP contribution >= 0.6 is 0 Å². The molecule has 0 bridgehead atoms. The van der Waals surface area contributed by atoms with Crippen molar-refractivity contribution in [3.8, 4) is 45.1 Å². The number of fused-ring (bicyclic) bond motifs is 6. The van der Waals surface area contributed by atoms with Gasteiger partial charge in [0.2, 0.25) is 0 Å². The third-order valence-electron chi connectivity index (χ3n) is 9.79. The molecule has 0 spiro atoms. The number of rotatable bonds is 5. The summed E-state index contributed by atoms with van der Waals surface area (Å²) in [5.74, 6) is 0.710. The summed E-state index contributed by atoms with van der Waals surface area (Å²) in [5, 5.41) is 4.73. The van der Waals surface area contributed by atoms with E-state index < -0.39 is 0 Å². The van der Waals surface area contributed by atoms with E-state index in [9.17, 15) is 0 Å². The first-order valence-electron chi connectivity index (χ1n) is 16.9. The second-order valence-corrected chi connectivity index (χ2v) is 12.7. The monoisotopic (exact) mass is 638 g/mol. The molecule has 10 aromatic rings. The van der Waals surface area contributed by atoms with Crippen LogP contribution in [0.4, 0.5) is 0 Å². The average molecular weight is 639 g/mol. The second kappa shape index (κ2) is 11.4. The smallest absolute Gasteiger partial charge is 0.160 e. The van der Waals surface area contributed by atoms with Gasteiger partial charge in [0.25, 0.3) is 0 Å². The minimum absolute atomic E-state index is 0.710. The van der Waals surface area contributed by atoms with Crippen LogP contribution in [0.3, 0.4) is 0 Å². The molecule has 0 atom stereocenters. The highest BCUT2D eigenvalue weighted by atomic mass is 15.0. The summed E-state index contributed by atoms with van der Waals surface area (Å²) in [6, 6.07) is 62.1. The van der Waals surface area contributed by atoms with E-state index in [4.69, 9.17) is 9.97 Å². The standard InChI is InChI=1S/C46H30N4/c1-3-11-31(12-4-1)32-19-21-33(22-20-32)44-39-16-7-9-17-41(39)47-46(48-44)34-23-25-36(26-24-34)50-43-18-10-8-15-37(43)38-27-28-42-40(45(38)50)29-30-49(42)35-13-5-2-6-14-35/h1-30H. The molecule has 0 saturated heterocycles. The van der Waals surface area contributed by atoms with E-state index in [1.807, 2.05) is 12.1 Å². The van der Waals surface area contributed by atoms with E-state index in [0.717, 1.165) is 39.1 Å². The van der Waals surface area contributed by atoms with Gasteiger partial charge >= 0.3 is 0 Å². The maximum absolute atomic E-state index is 5.19. The predicted octanol–water partition coefficient (Wildman–Crippen LogP) is 11.7. The van der Waals surface area contributed by atoms with Gasteiger partial charge in [-0.05, 0) is 71.8 Å². The molecule has 50 heavy (non-hydrogen) atoms. The van der Waals surface area contributed by atoms with Gasteiger partial charge in [0, 0.05) is 50.2 Å². The molecule has 234 valence electrons. The largest absolute Gasteiger partial charge is 0.316 e. The Balaban J connectivity index is 1.10. The van der Waals surface area contributed by atoms with Crippen molar-refractivity contribution in [1.82, 2.24) is 19.1 Å². The summed E-state index contributed by atoms with van der Waals surface area (Å²) >= 11 is 0. The Morgan fingerprint density at radius 2 is 1.00 bits per heavy atom. The summed E-state index contributed by atoms with van der Waals surface area (Å²) in [5.41, 5.74) is 12.1. The number of benzene rings is 7. The molecule has 0 radical (unpaired) electrons. The highest BCUT2D eigenvalue weighted by Crippen LogP contribution is 2.38. The lowest BCUT2D eigenvalue weighted by Crippen LogP contribution is -1.97. The molecule has 0 saturated carbocycles. The fourth-order valence-corrected chi connectivity index (χ4v) is 7.39. The first kappa shape index (κ1) is 28.3. The van der Waals surface area contributed by atoms with E-state index in [0.29, 0.717) is 5.82 Å². The molecule has 7 aromatic carbocycles. The Morgan fingerprint density at radius 1 is 0.360 bits per heavy atom. The van der Waals surface area contributed by atoms with Gasteiger partial charge in [-0.3, -0.25) is 0 Å². The van der Waals surface area contributed by atoms with Gasteiger partial charge in [-0.15, -0.1) is 0 Å². The summed E-state index contributed by atoms with van der Waals surface area (Å²) in [6.45, 7) is 0. The Bertz CT molecular complexity index is 2830. The first-order valence-corrected chi connectivity index (χ1v) is 16.9. The number of hydrogen-bond donors (Lipinski definition) is 0. The Labute approximate surface area is 289 Å². The first-order chi connectivity index (χ1) is 24.8. The lowest BCUT2D eigenvalue weighted by Gasteiger charge is -2.12. The maximum Gasteiger partial charge on any atom is 0.160 e. The van der Waals surface area contributed by atoms with Gasteiger partial charge in [0.1, 0.15) is 0 Å². The van der Waals surface area contributed by atoms with Crippen LogP contribution in [0.25, 0.3) is 88.8 Å². The average Bonchev–Trinajstić information content (AvgIpc) is 3.78. The summed E-state index contributed by atoms with van der Waals surface area (Å²) in [7, 11) is 0. The van der Waals surface area contributed by atoms with Crippen molar-refractivity contribution in [2.24, 2.45) is 0 Å². The Kier molecular flexibility index (Phi) is 6.46. The van der Waals surface area contributed by atoms with Crippen molar-refractivity contribution in [2.45, 2.75) is 0 Å². The van der Waals surface area contributed by atoms with Crippen molar-refractivity contribution in [2.75, 3.05) is 0 Å². The predicted molar refractivity (Wildman–Crippen MR) is 207 cm³/mol. The number of para-hydroxylation sites is 3. The zero-order chi connectivity index (χ0) is 33.0. The normalized spacial score (nSPS) is 11.6. The van der Waals surface area contributed by atoms with Crippen LogP contribution in [-0.2, 0) is 0 Å². The van der Waals surface area contributed by atoms with Crippen LogP contribution in [0, 0.1) is 0 Å². The molecular weight excluding hydrogens is 609 g/mol. The number of nitrogens with zero attached hydrogens (tertiary/aromatic N) is 4. The fraction of sp³-hybridized carbons (Fsp3) is 0. The van der Waals surface area contributed by atoms with E-state index in [1.54, 1.807) is 0 Å². The Morgan fingerprint density at radius 3 is 1.80 bits per heavy atom. The zero-order valence-electron chi connectivity index (χ0n) is 27.1. The van der Waals surface area contributed by atoms with Gasteiger partial charge < -0.3 is 9.13 Å². The lowest BCUT2D eigenvalue weighted by atomic mass is 10.0. The molecule has 0 aliphatic carbocycles. The number of aromatic nitrogens is 4. The van der Waals surface area contributed by atoms with Crippen molar-refractivity contribution in [1.29, 1.82) is 0 Å². The van der Waals surface area contributed by atoms with Crippen LogP contribution in [0.15, 0.2) is 182 Å². The SMILES string of the molecule is c1ccc(-c2ccc(-c3nc(-c4ccc(-n5c6ccccc6c6ccc7c(ccn7-c7ccccc7)c65)cc4)nc4ccccc34)cc2)cc1. The Hall–Kier alpha value is -6.78. The van der Waals surface area contributed by atoms with Gasteiger partial charge in [-0.25, -0.2) is 9.97 Å². The molecular formula is C46H30N4. The summed E-state index contributed by atoms with van der Waals surface area (Å²) in [4.78, 5) is 10.2. The molecule has 3 heterocycles. The third kappa shape index (κ3) is 4.54. The zero-order valence-corrected chi connectivity index (χ0v) is 27.1. The molecule has 0 amide bonds. The molecule has 4 nitrogen and oxygen atoms in total. The molecule has 10 rings (SSSR count). The van der Waals surface area contributed by atoms with Crippen molar-refractivity contribution >= 4 is 43.6 Å². The molecule has 3 aromatic heterocycles. The lowest BCUT2D eigenvalue weighted by molar-refractivity contribution is 1.13. The minimum atomic E-state index is 0.710. The molecule has 0 N–H and O–H groups in total. The van der Waals surface area contributed by atoms with Crippen molar-refractivity contribution in [3.63, 3.8) is 0 Å². The van der Waals surface area contributed by atoms with Crippen molar-refractivity contribution < 1.29 is 0 Å². The van der Waals surface area contributed by atoms with E-state index in [-0.39, 0.29) is 0 Å². The number of hydrogen-bond acceptors (Lipinski definition) is 2. The fourth-order valence-electron chi connectivity index (χ4n) is 7.39. The molecule has 4 heteroatoms. The molecule has 0 fully saturated rings. The van der Waals surface area contributed by atoms with Gasteiger partial charge in [-0.1, -0.05) is 115 Å². The highest BCUT2D eigenvalue weighted by Gasteiger charge is 2.18. The quantitative estimate of drug-likeness (QED) is 0.188. The van der Waals surface area contributed by atoms with E-state index in [2.05, 4.69) is 179 Å². The van der Waals surface area contributed by atoms with Crippen LogP contribution in [0.2, 0.25) is 0 Å². The van der Waals surface area contributed by atoms with Gasteiger partial charge in [0.05, 0.1) is 27.8 Å². The topological polar surface area (TPSA) is 35.6 Å². The van der Waals surface area contributed by atoms with Gasteiger partial charge in [-0.2, -0.15) is 0 Å². The highest BCUT2D eigenvalue weighted by molar-refractivity contribution is 6.18. The van der Waals surface area contributed by atoms with Crippen LogP contribution in [0.5, 0.6) is 0 Å². The van der Waals surface area contributed by atoms with E-state index in [1.165, 1.54) is 43.8 Å². The summed E-state index contributed by atoms with van der Waals surface area (Å²) in [6.07, 6.45) is 2.18. The second-order valence-electron chi connectivity index (χ2n) is 12.7. The van der Waals surface area contributed by atoms with Crippen LogP contribution < -0.4 is 0 Å². The summed E-state index contributed by atoms with van der Waals surface area (Å²) < 4.78 is 4.66. The van der Waals surface area contributed by atoms with Gasteiger partial charge in [0.15, 0.2) is 5.82 Å². The van der Waals surface area contributed by atoms with E-state index >= 15 is 0 Å². The van der Waals surface area contributed by atoms with Crippen LogP contribution in [0.1, 0.15) is 0 Å². The molecule has 0 aliphatic heterocycles. The molecule has 0 unspecified atom stereocenters. The third-order valence-corrected chi connectivity index (χ3v) is 9.79.